The minimum atomic E-state index is -0.379. The molecule has 2 aliphatic rings. The molecule has 2 aromatic heterocycles. The summed E-state index contributed by atoms with van der Waals surface area (Å²) in [6.45, 7) is 0. The number of fused-ring (bicyclic) bond motifs is 13. The first-order valence-electron chi connectivity index (χ1n) is 21.1. The molecule has 2 heterocycles. The highest BCUT2D eigenvalue weighted by molar-refractivity contribution is 6.09. The first-order chi connectivity index (χ1) is 30.7. The lowest BCUT2D eigenvalue weighted by atomic mass is 9.70. The fourth-order valence-electron chi connectivity index (χ4n) is 10.3. The van der Waals surface area contributed by atoms with Crippen LogP contribution in [0.5, 0.6) is 0 Å². The number of furan rings is 1. The quantitative estimate of drug-likeness (QED) is 0.174. The minimum absolute atomic E-state index is 0.379. The largest absolute Gasteiger partial charge is 0.455 e. The van der Waals surface area contributed by atoms with Crippen LogP contribution in [-0.2, 0) is 5.41 Å². The summed E-state index contributed by atoms with van der Waals surface area (Å²) in [5.41, 5.74) is 19.2. The average molecular weight is 790 g/mol. The Balaban J connectivity index is 0.911. The van der Waals surface area contributed by atoms with Gasteiger partial charge >= 0.3 is 0 Å². The maximum Gasteiger partial charge on any atom is 0.167 e. The summed E-state index contributed by atoms with van der Waals surface area (Å²) in [5, 5.41) is 2.10. The van der Waals surface area contributed by atoms with E-state index in [0.29, 0.717) is 17.5 Å². The average Bonchev–Trinajstić information content (AvgIpc) is 3.99. The van der Waals surface area contributed by atoms with Crippen LogP contribution < -0.4 is 0 Å². The van der Waals surface area contributed by atoms with Gasteiger partial charge in [-0.3, -0.25) is 0 Å². The topological polar surface area (TPSA) is 51.8 Å². The zero-order valence-electron chi connectivity index (χ0n) is 33.5. The molecule has 0 saturated carbocycles. The van der Waals surface area contributed by atoms with Crippen molar-refractivity contribution in [1.29, 1.82) is 0 Å². The number of hydrogen-bond acceptors (Lipinski definition) is 4. The Bertz CT molecular complexity index is 3540. The van der Waals surface area contributed by atoms with Gasteiger partial charge in [0.2, 0.25) is 0 Å². The van der Waals surface area contributed by atoms with Crippen LogP contribution in [0.15, 0.2) is 217 Å². The van der Waals surface area contributed by atoms with Crippen LogP contribution >= 0.6 is 0 Å². The molecule has 288 valence electrons. The fourth-order valence-corrected chi connectivity index (χ4v) is 10.3. The third kappa shape index (κ3) is 4.98. The molecule has 4 heteroatoms. The van der Waals surface area contributed by atoms with Crippen LogP contribution in [0.25, 0.3) is 101 Å². The summed E-state index contributed by atoms with van der Waals surface area (Å²) in [6.07, 6.45) is 0. The van der Waals surface area contributed by atoms with Crippen molar-refractivity contribution in [1.82, 2.24) is 15.0 Å². The van der Waals surface area contributed by atoms with E-state index in [4.69, 9.17) is 19.4 Å². The van der Waals surface area contributed by atoms with Gasteiger partial charge in [0.05, 0.1) is 11.0 Å². The summed E-state index contributed by atoms with van der Waals surface area (Å²) in [6, 6.07) is 75.8. The van der Waals surface area contributed by atoms with Gasteiger partial charge in [-0.05, 0) is 85.0 Å². The second-order valence-electron chi connectivity index (χ2n) is 16.2. The van der Waals surface area contributed by atoms with Gasteiger partial charge in [0, 0.05) is 21.9 Å². The molecule has 11 aromatic rings. The van der Waals surface area contributed by atoms with Crippen LogP contribution in [0.3, 0.4) is 0 Å². The molecular formula is C58H35N3O. The van der Waals surface area contributed by atoms with Gasteiger partial charge in [-0.25, -0.2) is 15.0 Å². The molecule has 1 spiro atoms. The zero-order chi connectivity index (χ0) is 40.8. The van der Waals surface area contributed by atoms with E-state index in [2.05, 4.69) is 152 Å². The number of nitrogens with zero attached hydrogens (tertiary/aromatic N) is 3. The Morgan fingerprint density at radius 1 is 0.306 bits per heavy atom. The standard InChI is InChI=1S/C58H35N3O/c1-2-15-37(16-3-1)55-59-56(61-57(60-55)47-25-13-24-45-44-21-7-11-30-52(44)62-54(45)47)38-33-31-36(32-34-38)39-17-12-18-40(35-39)41-23-14-29-51-53(41)46-22-6-10-28-50(46)58(51)48-26-8-4-19-42(48)43-20-5-9-27-49(43)58/h1-35H. The normalized spacial score (nSPS) is 13.0. The van der Waals surface area contributed by atoms with Crippen molar-refractivity contribution < 1.29 is 4.42 Å². The van der Waals surface area contributed by atoms with E-state index in [0.717, 1.165) is 49.8 Å². The second kappa shape index (κ2) is 13.4. The first kappa shape index (κ1) is 34.6. The number of aromatic nitrogens is 3. The van der Waals surface area contributed by atoms with Crippen molar-refractivity contribution in [2.45, 2.75) is 5.41 Å². The van der Waals surface area contributed by atoms with Crippen molar-refractivity contribution in [3.8, 4) is 78.7 Å². The maximum absolute atomic E-state index is 6.43. The predicted octanol–water partition coefficient (Wildman–Crippen LogP) is 14.4. The molecule has 0 aliphatic heterocycles. The first-order valence-corrected chi connectivity index (χ1v) is 21.1. The van der Waals surface area contributed by atoms with Gasteiger partial charge in [0.1, 0.15) is 11.2 Å². The van der Waals surface area contributed by atoms with Crippen molar-refractivity contribution in [3.63, 3.8) is 0 Å². The molecule has 0 bridgehead atoms. The van der Waals surface area contributed by atoms with Gasteiger partial charge in [-0.15, -0.1) is 0 Å². The van der Waals surface area contributed by atoms with Crippen molar-refractivity contribution in [3.05, 3.63) is 235 Å². The Kier molecular flexibility index (Phi) is 7.49. The van der Waals surface area contributed by atoms with E-state index in [1.165, 1.54) is 55.6 Å². The Morgan fingerprint density at radius 3 is 1.55 bits per heavy atom. The Morgan fingerprint density at radius 2 is 0.790 bits per heavy atom. The molecule has 4 nitrogen and oxygen atoms in total. The lowest BCUT2D eigenvalue weighted by Gasteiger charge is -2.30. The van der Waals surface area contributed by atoms with Gasteiger partial charge in [-0.1, -0.05) is 194 Å². The van der Waals surface area contributed by atoms with Crippen molar-refractivity contribution in [2.24, 2.45) is 0 Å². The fraction of sp³-hybridized carbons (Fsp3) is 0.0172. The SMILES string of the molecule is c1ccc(-c2nc(-c3ccc(-c4cccc(-c5cccc6c5-c5ccccc5C65c6ccccc6-c6ccccc65)c4)cc3)nc(-c3cccc4c3oc3ccccc34)n2)cc1. The smallest absolute Gasteiger partial charge is 0.167 e. The van der Waals surface area contributed by atoms with Crippen LogP contribution in [0.4, 0.5) is 0 Å². The Hall–Kier alpha value is -8.21. The number of hydrogen-bond donors (Lipinski definition) is 0. The third-order valence-electron chi connectivity index (χ3n) is 13.0. The lowest BCUT2D eigenvalue weighted by molar-refractivity contribution is 0.669. The highest BCUT2D eigenvalue weighted by Crippen LogP contribution is 2.64. The molecule has 0 radical (unpaired) electrons. The van der Waals surface area contributed by atoms with Crippen LogP contribution in [0, 0.1) is 0 Å². The van der Waals surface area contributed by atoms with Crippen LogP contribution in [0.2, 0.25) is 0 Å². The summed E-state index contributed by atoms with van der Waals surface area (Å²) in [7, 11) is 0. The molecule has 0 unspecified atom stereocenters. The third-order valence-corrected chi connectivity index (χ3v) is 13.0. The van der Waals surface area contributed by atoms with E-state index >= 15 is 0 Å². The molecule has 0 N–H and O–H groups in total. The highest BCUT2D eigenvalue weighted by atomic mass is 16.3. The predicted molar refractivity (Wildman–Crippen MR) is 251 cm³/mol. The second-order valence-corrected chi connectivity index (χ2v) is 16.2. The summed E-state index contributed by atoms with van der Waals surface area (Å²) in [5.74, 6) is 1.78. The molecule has 62 heavy (non-hydrogen) atoms. The Labute approximate surface area is 358 Å². The molecule has 9 aromatic carbocycles. The van der Waals surface area contributed by atoms with E-state index in [9.17, 15) is 0 Å². The van der Waals surface area contributed by atoms with E-state index < -0.39 is 0 Å². The van der Waals surface area contributed by atoms with Crippen molar-refractivity contribution >= 4 is 21.9 Å². The molecule has 0 atom stereocenters. The van der Waals surface area contributed by atoms with Gasteiger partial charge in [0.25, 0.3) is 0 Å². The summed E-state index contributed by atoms with van der Waals surface area (Å²) < 4.78 is 6.43. The minimum Gasteiger partial charge on any atom is -0.455 e. The number of benzene rings is 9. The van der Waals surface area contributed by atoms with Crippen LogP contribution in [-0.4, -0.2) is 15.0 Å². The van der Waals surface area contributed by atoms with Gasteiger partial charge in [0.15, 0.2) is 17.5 Å². The molecule has 0 fully saturated rings. The number of para-hydroxylation sites is 2. The van der Waals surface area contributed by atoms with Gasteiger partial charge in [-0.2, -0.15) is 0 Å². The molecule has 2 aliphatic carbocycles. The van der Waals surface area contributed by atoms with E-state index in [1.54, 1.807) is 0 Å². The molecule has 0 amide bonds. The zero-order valence-corrected chi connectivity index (χ0v) is 33.5. The highest BCUT2D eigenvalue weighted by Gasteiger charge is 2.51. The van der Waals surface area contributed by atoms with Crippen LogP contribution in [0.1, 0.15) is 22.3 Å². The van der Waals surface area contributed by atoms with E-state index in [-0.39, 0.29) is 5.41 Å². The maximum atomic E-state index is 6.43. The lowest BCUT2D eigenvalue weighted by Crippen LogP contribution is -2.25. The van der Waals surface area contributed by atoms with Crippen molar-refractivity contribution in [2.75, 3.05) is 0 Å². The number of rotatable bonds is 5. The van der Waals surface area contributed by atoms with E-state index in [1.807, 2.05) is 60.7 Å². The van der Waals surface area contributed by atoms with Gasteiger partial charge < -0.3 is 4.42 Å². The monoisotopic (exact) mass is 789 g/mol. The molecular weight excluding hydrogens is 755 g/mol. The molecule has 13 rings (SSSR count). The summed E-state index contributed by atoms with van der Waals surface area (Å²) in [4.78, 5) is 15.2. The molecule has 0 saturated heterocycles. The summed E-state index contributed by atoms with van der Waals surface area (Å²) >= 11 is 0.